The highest BCUT2D eigenvalue weighted by Gasteiger charge is 2.15. The molecule has 3 aromatic rings. The summed E-state index contributed by atoms with van der Waals surface area (Å²) in [5.74, 6) is -0.654. The van der Waals surface area contributed by atoms with Crippen molar-refractivity contribution in [3.63, 3.8) is 0 Å². The smallest absolute Gasteiger partial charge is 0.195 e. The standard InChI is InChI=1S/C15H8Br2FNO/c16-9-1-2-14-12(6-9)13(7-19-14)15(20)8-3-10(17)5-11(18)4-8/h1-7,19H. The Morgan fingerprint density at radius 1 is 1.05 bits per heavy atom. The van der Waals surface area contributed by atoms with Crippen molar-refractivity contribution < 1.29 is 9.18 Å². The lowest BCUT2D eigenvalue weighted by molar-refractivity contribution is 0.104. The Labute approximate surface area is 131 Å². The van der Waals surface area contributed by atoms with Crippen LogP contribution in [0, 0.1) is 5.82 Å². The molecule has 0 aliphatic carbocycles. The third-order valence-electron chi connectivity index (χ3n) is 3.01. The molecule has 3 rings (SSSR count). The number of halogens is 3. The van der Waals surface area contributed by atoms with E-state index in [1.165, 1.54) is 12.1 Å². The van der Waals surface area contributed by atoms with E-state index in [2.05, 4.69) is 36.8 Å². The van der Waals surface area contributed by atoms with E-state index >= 15 is 0 Å². The molecule has 0 saturated carbocycles. The zero-order valence-corrected chi connectivity index (χ0v) is 13.3. The molecule has 0 saturated heterocycles. The van der Waals surface area contributed by atoms with E-state index in [1.807, 2.05) is 18.2 Å². The van der Waals surface area contributed by atoms with Crippen LogP contribution in [0.25, 0.3) is 10.9 Å². The second-order valence-corrected chi connectivity index (χ2v) is 6.21. The third-order valence-corrected chi connectivity index (χ3v) is 3.96. The molecule has 0 fully saturated rings. The lowest BCUT2D eigenvalue weighted by Gasteiger charge is -2.02. The number of ketones is 1. The first-order chi connectivity index (χ1) is 9.54. The van der Waals surface area contributed by atoms with Gasteiger partial charge in [0.1, 0.15) is 5.82 Å². The molecule has 2 aromatic carbocycles. The lowest BCUT2D eigenvalue weighted by Crippen LogP contribution is -2.01. The summed E-state index contributed by atoms with van der Waals surface area (Å²) in [6.45, 7) is 0. The molecule has 1 N–H and O–H groups in total. The molecule has 1 heterocycles. The Balaban J connectivity index is 2.15. The van der Waals surface area contributed by atoms with Gasteiger partial charge < -0.3 is 4.98 Å². The number of aromatic amines is 1. The number of hydrogen-bond donors (Lipinski definition) is 1. The highest BCUT2D eigenvalue weighted by molar-refractivity contribution is 9.10. The van der Waals surface area contributed by atoms with E-state index in [9.17, 15) is 9.18 Å². The molecule has 0 radical (unpaired) electrons. The maximum Gasteiger partial charge on any atom is 0.195 e. The van der Waals surface area contributed by atoms with Crippen LogP contribution in [0.2, 0.25) is 0 Å². The molecule has 0 aliphatic rings. The Morgan fingerprint density at radius 3 is 2.60 bits per heavy atom. The number of nitrogens with one attached hydrogen (secondary N) is 1. The number of hydrogen-bond acceptors (Lipinski definition) is 1. The summed E-state index contributed by atoms with van der Waals surface area (Å²) in [5, 5.41) is 0.810. The van der Waals surface area contributed by atoms with Crippen molar-refractivity contribution in [2.45, 2.75) is 0 Å². The first-order valence-electron chi connectivity index (χ1n) is 5.82. The van der Waals surface area contributed by atoms with Crippen LogP contribution >= 0.6 is 31.9 Å². The van der Waals surface area contributed by atoms with Gasteiger partial charge in [0, 0.05) is 37.2 Å². The number of fused-ring (bicyclic) bond motifs is 1. The van der Waals surface area contributed by atoms with Crippen LogP contribution in [0.15, 0.2) is 51.5 Å². The fourth-order valence-electron chi connectivity index (χ4n) is 2.12. The number of benzene rings is 2. The molecule has 0 spiro atoms. The maximum absolute atomic E-state index is 13.4. The monoisotopic (exact) mass is 395 g/mol. The number of carbonyl (C=O) groups excluding carboxylic acids is 1. The molecule has 20 heavy (non-hydrogen) atoms. The van der Waals surface area contributed by atoms with Crippen molar-refractivity contribution in [1.82, 2.24) is 4.98 Å². The lowest BCUT2D eigenvalue weighted by atomic mass is 10.0. The molecule has 0 bridgehead atoms. The van der Waals surface area contributed by atoms with Crippen molar-refractivity contribution in [1.29, 1.82) is 0 Å². The Morgan fingerprint density at radius 2 is 1.85 bits per heavy atom. The summed E-state index contributed by atoms with van der Waals surface area (Å²) in [7, 11) is 0. The van der Waals surface area contributed by atoms with Crippen LogP contribution < -0.4 is 0 Å². The van der Waals surface area contributed by atoms with Gasteiger partial charge in [0.05, 0.1) is 0 Å². The molecule has 0 aliphatic heterocycles. The minimum Gasteiger partial charge on any atom is -0.360 e. The van der Waals surface area contributed by atoms with Crippen molar-refractivity contribution in [3.05, 3.63) is 68.5 Å². The van der Waals surface area contributed by atoms with Gasteiger partial charge in [0.15, 0.2) is 5.78 Å². The van der Waals surface area contributed by atoms with Gasteiger partial charge in [0.2, 0.25) is 0 Å². The van der Waals surface area contributed by atoms with Crippen LogP contribution in [0.3, 0.4) is 0 Å². The van der Waals surface area contributed by atoms with Crippen molar-refractivity contribution in [2.24, 2.45) is 0 Å². The van der Waals surface area contributed by atoms with Crippen LogP contribution in [0.5, 0.6) is 0 Å². The van der Waals surface area contributed by atoms with Gasteiger partial charge in [-0.3, -0.25) is 4.79 Å². The summed E-state index contributed by atoms with van der Waals surface area (Å²) < 4.78 is 14.8. The summed E-state index contributed by atoms with van der Waals surface area (Å²) in [4.78, 5) is 15.6. The second-order valence-electron chi connectivity index (χ2n) is 4.38. The number of aromatic nitrogens is 1. The number of carbonyl (C=O) groups is 1. The van der Waals surface area contributed by atoms with Crippen molar-refractivity contribution >= 4 is 48.5 Å². The van der Waals surface area contributed by atoms with E-state index < -0.39 is 5.82 Å². The van der Waals surface area contributed by atoms with E-state index in [0.29, 0.717) is 15.6 Å². The average Bonchev–Trinajstić information content (AvgIpc) is 2.79. The van der Waals surface area contributed by atoms with Gasteiger partial charge in [-0.25, -0.2) is 4.39 Å². The zero-order chi connectivity index (χ0) is 14.3. The van der Waals surface area contributed by atoms with Crippen LogP contribution in [-0.2, 0) is 0 Å². The molecule has 1 aromatic heterocycles. The van der Waals surface area contributed by atoms with Gasteiger partial charge in [-0.2, -0.15) is 0 Å². The summed E-state index contributed by atoms with van der Waals surface area (Å²) in [5.41, 5.74) is 1.71. The van der Waals surface area contributed by atoms with E-state index in [1.54, 1.807) is 12.3 Å². The first kappa shape index (κ1) is 13.5. The Hall–Kier alpha value is -1.46. The molecule has 0 amide bonds. The van der Waals surface area contributed by atoms with Gasteiger partial charge in [-0.05, 0) is 36.4 Å². The number of rotatable bonds is 2. The first-order valence-corrected chi connectivity index (χ1v) is 7.40. The minimum atomic E-state index is -0.441. The van der Waals surface area contributed by atoms with E-state index in [-0.39, 0.29) is 5.78 Å². The van der Waals surface area contributed by atoms with Gasteiger partial charge in [-0.1, -0.05) is 31.9 Å². The third kappa shape index (κ3) is 2.43. The highest BCUT2D eigenvalue weighted by Crippen LogP contribution is 2.26. The van der Waals surface area contributed by atoms with E-state index in [0.717, 1.165) is 15.4 Å². The highest BCUT2D eigenvalue weighted by atomic mass is 79.9. The molecular weight excluding hydrogens is 389 g/mol. The predicted molar refractivity (Wildman–Crippen MR) is 83.5 cm³/mol. The zero-order valence-electron chi connectivity index (χ0n) is 10.1. The molecular formula is C15H8Br2FNO. The van der Waals surface area contributed by atoms with Crippen LogP contribution in [0.1, 0.15) is 15.9 Å². The van der Waals surface area contributed by atoms with Gasteiger partial charge in [-0.15, -0.1) is 0 Å². The Kier molecular flexibility index (Phi) is 3.48. The van der Waals surface area contributed by atoms with Crippen molar-refractivity contribution in [3.8, 4) is 0 Å². The van der Waals surface area contributed by atoms with Gasteiger partial charge in [0.25, 0.3) is 0 Å². The normalized spacial score (nSPS) is 10.9. The average molecular weight is 397 g/mol. The van der Waals surface area contributed by atoms with E-state index in [4.69, 9.17) is 0 Å². The van der Waals surface area contributed by atoms with Crippen LogP contribution in [-0.4, -0.2) is 10.8 Å². The molecule has 100 valence electrons. The fraction of sp³-hybridized carbons (Fsp3) is 0. The molecule has 5 heteroatoms. The number of H-pyrrole nitrogens is 1. The minimum absolute atomic E-state index is 0.213. The summed E-state index contributed by atoms with van der Waals surface area (Å²) >= 11 is 6.59. The molecule has 0 atom stereocenters. The van der Waals surface area contributed by atoms with Gasteiger partial charge >= 0.3 is 0 Å². The molecule has 0 unspecified atom stereocenters. The summed E-state index contributed by atoms with van der Waals surface area (Å²) in [6.07, 6.45) is 1.65. The quantitative estimate of drug-likeness (QED) is 0.603. The predicted octanol–water partition coefficient (Wildman–Crippen LogP) is 5.06. The van der Waals surface area contributed by atoms with Crippen LogP contribution in [0.4, 0.5) is 4.39 Å². The Bertz CT molecular complexity index is 806. The van der Waals surface area contributed by atoms with Crippen molar-refractivity contribution in [2.75, 3.05) is 0 Å². The largest absolute Gasteiger partial charge is 0.360 e. The second kappa shape index (κ2) is 5.14. The molecule has 2 nitrogen and oxygen atoms in total. The maximum atomic E-state index is 13.4. The fourth-order valence-corrected chi connectivity index (χ4v) is 2.95. The SMILES string of the molecule is O=C(c1cc(F)cc(Br)c1)c1c[nH]c2ccc(Br)cc12. The summed E-state index contributed by atoms with van der Waals surface area (Å²) in [6, 6.07) is 9.83. The topological polar surface area (TPSA) is 32.9 Å².